The van der Waals surface area contributed by atoms with E-state index in [-0.39, 0.29) is 5.22 Å². The largest absolute Gasteiger partial charge is 0.449 e. The van der Waals surface area contributed by atoms with Gasteiger partial charge in [-0.2, -0.15) is 0 Å². The van der Waals surface area contributed by atoms with Gasteiger partial charge in [0.2, 0.25) is 0 Å². The van der Waals surface area contributed by atoms with Crippen molar-refractivity contribution >= 4 is 17.5 Å². The molecule has 4 heteroatoms. The predicted molar refractivity (Wildman–Crippen MR) is 37.0 cm³/mol. The monoisotopic (exact) mass is 159 g/mol. The third-order valence-corrected chi connectivity index (χ3v) is 1.34. The molecule has 1 aromatic heterocycles. The number of aryl methyl sites for hydroxylation is 1. The highest BCUT2D eigenvalue weighted by Gasteiger charge is 2.09. The molecule has 0 bridgehead atoms. The van der Waals surface area contributed by atoms with Gasteiger partial charge in [0, 0.05) is 6.07 Å². The fourth-order valence-corrected chi connectivity index (χ4v) is 0.915. The van der Waals surface area contributed by atoms with Gasteiger partial charge in [-0.3, -0.25) is 4.79 Å². The molecule has 0 saturated heterocycles. The van der Waals surface area contributed by atoms with Crippen LogP contribution >= 0.6 is 11.6 Å². The Morgan fingerprint density at radius 2 is 2.40 bits per heavy atom. The van der Waals surface area contributed by atoms with Gasteiger partial charge in [0.15, 0.2) is 5.22 Å². The van der Waals surface area contributed by atoms with Crippen LogP contribution in [0.1, 0.15) is 16.1 Å². The summed E-state index contributed by atoms with van der Waals surface area (Å²) in [6, 6.07) is 1.40. The molecule has 0 spiro atoms. The van der Waals surface area contributed by atoms with Crippen molar-refractivity contribution in [1.29, 1.82) is 0 Å². The molecule has 3 nitrogen and oxygen atoms in total. The highest BCUT2D eigenvalue weighted by molar-refractivity contribution is 6.29. The van der Waals surface area contributed by atoms with Crippen LogP contribution in [0.4, 0.5) is 0 Å². The molecule has 0 aromatic carbocycles. The Morgan fingerprint density at radius 3 is 2.60 bits per heavy atom. The molecule has 0 aliphatic heterocycles. The second-order valence-corrected chi connectivity index (χ2v) is 2.26. The molecule has 1 rings (SSSR count). The highest BCUT2D eigenvalue weighted by atomic mass is 35.5. The van der Waals surface area contributed by atoms with E-state index in [1.54, 1.807) is 6.92 Å². The van der Waals surface area contributed by atoms with E-state index in [9.17, 15) is 4.79 Å². The van der Waals surface area contributed by atoms with Gasteiger partial charge < -0.3 is 10.2 Å². The number of nitrogens with two attached hydrogens (primary N) is 1. The Morgan fingerprint density at radius 1 is 1.80 bits per heavy atom. The molecule has 2 N–H and O–H groups in total. The average Bonchev–Trinajstić information content (AvgIpc) is 2.10. The maximum Gasteiger partial charge on any atom is 0.252 e. The van der Waals surface area contributed by atoms with Gasteiger partial charge in [0.05, 0.1) is 5.56 Å². The number of carbonyl (C=O) groups is 1. The minimum absolute atomic E-state index is 0.186. The molecule has 0 aliphatic rings. The fourth-order valence-electron chi connectivity index (χ4n) is 0.690. The summed E-state index contributed by atoms with van der Waals surface area (Å²) in [5.41, 5.74) is 5.31. The molecule has 0 saturated carbocycles. The normalized spacial score (nSPS) is 9.80. The van der Waals surface area contributed by atoms with E-state index in [2.05, 4.69) is 0 Å². The zero-order valence-electron chi connectivity index (χ0n) is 5.35. The van der Waals surface area contributed by atoms with Crippen LogP contribution in [0.25, 0.3) is 0 Å². The van der Waals surface area contributed by atoms with Gasteiger partial charge in [-0.25, -0.2) is 0 Å². The van der Waals surface area contributed by atoms with Crippen LogP contribution in [0.2, 0.25) is 5.22 Å². The molecule has 0 aliphatic carbocycles. The molecule has 1 heterocycles. The Labute approximate surface area is 62.8 Å². The highest BCUT2D eigenvalue weighted by Crippen LogP contribution is 2.17. The topological polar surface area (TPSA) is 56.2 Å². The Bertz CT molecular complexity index is 267. The number of hydrogen-bond donors (Lipinski definition) is 1. The first-order valence-corrected chi connectivity index (χ1v) is 3.05. The summed E-state index contributed by atoms with van der Waals surface area (Å²) in [6.07, 6.45) is 0. The van der Waals surface area contributed by atoms with Gasteiger partial charge in [0.1, 0.15) is 5.76 Å². The number of halogens is 1. The second kappa shape index (κ2) is 2.34. The van der Waals surface area contributed by atoms with E-state index in [0.717, 1.165) is 0 Å². The second-order valence-electron chi connectivity index (χ2n) is 1.88. The molecule has 10 heavy (non-hydrogen) atoms. The average molecular weight is 160 g/mol. The number of amides is 1. The van der Waals surface area contributed by atoms with E-state index < -0.39 is 5.91 Å². The first kappa shape index (κ1) is 7.15. The SMILES string of the molecule is Cc1oc(Cl)cc1C(N)=O. The van der Waals surface area contributed by atoms with Crippen LogP contribution in [0.3, 0.4) is 0 Å². The van der Waals surface area contributed by atoms with Crippen LogP contribution in [-0.2, 0) is 0 Å². The van der Waals surface area contributed by atoms with Crippen molar-refractivity contribution < 1.29 is 9.21 Å². The van der Waals surface area contributed by atoms with Gasteiger partial charge >= 0.3 is 0 Å². The summed E-state index contributed by atoms with van der Waals surface area (Å²) in [5.74, 6) is -0.0642. The van der Waals surface area contributed by atoms with Crippen LogP contribution in [-0.4, -0.2) is 5.91 Å². The van der Waals surface area contributed by atoms with Gasteiger partial charge in [0.25, 0.3) is 5.91 Å². The van der Waals surface area contributed by atoms with Crippen LogP contribution < -0.4 is 5.73 Å². The van der Waals surface area contributed by atoms with Crippen LogP contribution in [0.5, 0.6) is 0 Å². The van der Waals surface area contributed by atoms with Crippen molar-refractivity contribution in [3.63, 3.8) is 0 Å². The van der Waals surface area contributed by atoms with E-state index in [4.69, 9.17) is 21.8 Å². The smallest absolute Gasteiger partial charge is 0.252 e. The van der Waals surface area contributed by atoms with E-state index in [1.807, 2.05) is 0 Å². The molecule has 0 atom stereocenters. The van der Waals surface area contributed by atoms with Gasteiger partial charge in [-0.15, -0.1) is 0 Å². The minimum Gasteiger partial charge on any atom is -0.449 e. The minimum atomic E-state index is -0.520. The zero-order valence-corrected chi connectivity index (χ0v) is 6.11. The Hall–Kier alpha value is -0.960. The molecule has 1 aromatic rings. The van der Waals surface area contributed by atoms with Crippen molar-refractivity contribution in [2.45, 2.75) is 6.92 Å². The van der Waals surface area contributed by atoms with E-state index >= 15 is 0 Å². The zero-order chi connectivity index (χ0) is 7.72. The van der Waals surface area contributed by atoms with E-state index in [1.165, 1.54) is 6.07 Å². The molecular formula is C6H6ClNO2. The Balaban J connectivity index is 3.15. The molecular weight excluding hydrogens is 154 g/mol. The lowest BCUT2D eigenvalue weighted by Crippen LogP contribution is -2.10. The number of carbonyl (C=O) groups excluding carboxylic acids is 1. The summed E-state index contributed by atoms with van der Waals surface area (Å²) >= 11 is 5.44. The molecule has 54 valence electrons. The van der Waals surface area contributed by atoms with Crippen molar-refractivity contribution in [2.24, 2.45) is 5.73 Å². The first-order chi connectivity index (χ1) is 4.61. The quantitative estimate of drug-likeness (QED) is 0.672. The standard InChI is InChI=1S/C6H6ClNO2/c1-3-4(6(8)9)2-5(7)10-3/h2H,1H3,(H2,8,9). The lowest BCUT2D eigenvalue weighted by atomic mass is 10.2. The summed E-state index contributed by atoms with van der Waals surface area (Å²) in [5, 5.41) is 0.186. The molecule has 0 fully saturated rings. The summed E-state index contributed by atoms with van der Waals surface area (Å²) in [4.78, 5) is 10.5. The number of rotatable bonds is 1. The fraction of sp³-hybridized carbons (Fsp3) is 0.167. The van der Waals surface area contributed by atoms with Crippen molar-refractivity contribution in [1.82, 2.24) is 0 Å². The van der Waals surface area contributed by atoms with Crippen molar-refractivity contribution in [2.75, 3.05) is 0 Å². The summed E-state index contributed by atoms with van der Waals surface area (Å²) < 4.78 is 4.84. The Kier molecular flexibility index (Phi) is 1.68. The molecule has 1 amide bonds. The van der Waals surface area contributed by atoms with Crippen LogP contribution in [0, 0.1) is 6.92 Å². The maximum absolute atomic E-state index is 10.5. The lowest BCUT2D eigenvalue weighted by molar-refractivity contribution is 0.0999. The molecule has 0 radical (unpaired) electrons. The first-order valence-electron chi connectivity index (χ1n) is 2.67. The predicted octanol–water partition coefficient (Wildman–Crippen LogP) is 1.34. The molecule has 0 unspecified atom stereocenters. The van der Waals surface area contributed by atoms with E-state index in [0.29, 0.717) is 11.3 Å². The number of hydrogen-bond acceptors (Lipinski definition) is 2. The lowest BCUT2D eigenvalue weighted by Gasteiger charge is -1.86. The maximum atomic E-state index is 10.5. The third kappa shape index (κ3) is 1.14. The van der Waals surface area contributed by atoms with Crippen molar-refractivity contribution in [3.05, 3.63) is 22.6 Å². The summed E-state index contributed by atoms with van der Waals surface area (Å²) in [6.45, 7) is 1.63. The third-order valence-electron chi connectivity index (χ3n) is 1.15. The summed E-state index contributed by atoms with van der Waals surface area (Å²) in [7, 11) is 0. The number of primary amides is 1. The number of furan rings is 1. The van der Waals surface area contributed by atoms with Crippen LogP contribution in [0.15, 0.2) is 10.5 Å². The van der Waals surface area contributed by atoms with Gasteiger partial charge in [-0.1, -0.05) is 0 Å². The van der Waals surface area contributed by atoms with Crippen molar-refractivity contribution in [3.8, 4) is 0 Å². The van der Waals surface area contributed by atoms with Gasteiger partial charge in [-0.05, 0) is 18.5 Å².